The van der Waals surface area contributed by atoms with Crippen LogP contribution in [0.25, 0.3) is 0 Å². The van der Waals surface area contributed by atoms with E-state index in [1.807, 2.05) is 19.1 Å². The molecule has 0 heterocycles. The average molecular weight is 215 g/mol. The van der Waals surface area contributed by atoms with Crippen molar-refractivity contribution in [2.75, 3.05) is 13.7 Å². The molecule has 0 fully saturated rings. The summed E-state index contributed by atoms with van der Waals surface area (Å²) < 4.78 is 5.00. The van der Waals surface area contributed by atoms with Gasteiger partial charge in [0.2, 0.25) is 0 Å². The Kier molecular flexibility index (Phi) is 3.93. The van der Waals surface area contributed by atoms with Gasteiger partial charge in [0.15, 0.2) is 0 Å². The minimum atomic E-state index is -0.931. The van der Waals surface area contributed by atoms with Gasteiger partial charge < -0.3 is 9.84 Å². The van der Waals surface area contributed by atoms with Gasteiger partial charge in [0, 0.05) is 12.1 Å². The zero-order valence-corrected chi connectivity index (χ0v) is 9.21. The molecule has 1 N–H and O–H groups in total. The van der Waals surface area contributed by atoms with Crippen LogP contribution in [0.4, 0.5) is 0 Å². The fraction of sp³-hybridized carbons (Fsp3) is 0.455. The van der Waals surface area contributed by atoms with Crippen LogP contribution in [-0.4, -0.2) is 18.8 Å². The van der Waals surface area contributed by atoms with E-state index < -0.39 is 5.60 Å². The van der Waals surface area contributed by atoms with Crippen molar-refractivity contribution < 1.29 is 9.84 Å². The van der Waals surface area contributed by atoms with Crippen LogP contribution in [0.15, 0.2) is 24.3 Å². The van der Waals surface area contributed by atoms with Gasteiger partial charge in [-0.3, -0.25) is 0 Å². The quantitative estimate of drug-likeness (QED) is 0.835. The summed E-state index contributed by atoms with van der Waals surface area (Å²) in [6.07, 6.45) is 0.598. The lowest BCUT2D eigenvalue weighted by atomic mass is 9.92. The van der Waals surface area contributed by atoms with E-state index in [9.17, 15) is 5.11 Å². The third-order valence-electron chi connectivity index (χ3n) is 2.33. The van der Waals surface area contributed by atoms with Crippen molar-refractivity contribution in [2.24, 2.45) is 0 Å². The van der Waals surface area contributed by atoms with E-state index in [1.165, 1.54) is 0 Å². The van der Waals surface area contributed by atoms with Gasteiger partial charge in [0.25, 0.3) is 0 Å². The Morgan fingerprint density at radius 2 is 2.21 bits per heavy atom. The zero-order chi connectivity index (χ0) is 10.6. The molecule has 0 saturated carbocycles. The number of rotatable bonds is 4. The Balaban J connectivity index is 2.99. The summed E-state index contributed by atoms with van der Waals surface area (Å²) in [4.78, 5) is 0. The molecule has 0 amide bonds. The van der Waals surface area contributed by atoms with Gasteiger partial charge in [-0.25, -0.2) is 0 Å². The highest BCUT2D eigenvalue weighted by molar-refractivity contribution is 6.30. The van der Waals surface area contributed by atoms with E-state index in [0.29, 0.717) is 11.4 Å². The normalized spacial score (nSPS) is 15.1. The summed E-state index contributed by atoms with van der Waals surface area (Å²) in [5.74, 6) is 0. The highest BCUT2D eigenvalue weighted by atomic mass is 35.5. The fourth-order valence-electron chi connectivity index (χ4n) is 1.41. The Labute approximate surface area is 89.5 Å². The highest BCUT2D eigenvalue weighted by Gasteiger charge is 2.26. The predicted octanol–water partition coefficient (Wildman–Crippen LogP) is 2.58. The second-order valence-corrected chi connectivity index (χ2v) is 3.76. The Morgan fingerprint density at radius 1 is 1.50 bits per heavy atom. The molecule has 0 spiro atoms. The van der Waals surface area contributed by atoms with Crippen molar-refractivity contribution in [3.8, 4) is 0 Å². The van der Waals surface area contributed by atoms with E-state index in [1.54, 1.807) is 19.2 Å². The largest absolute Gasteiger partial charge is 0.383 e. The molecule has 0 radical (unpaired) electrons. The topological polar surface area (TPSA) is 29.5 Å². The van der Waals surface area contributed by atoms with Crippen LogP contribution in [0, 0.1) is 0 Å². The molecular formula is C11H15ClO2. The molecule has 14 heavy (non-hydrogen) atoms. The maximum Gasteiger partial charge on any atom is 0.113 e. The summed E-state index contributed by atoms with van der Waals surface area (Å²) in [7, 11) is 1.57. The van der Waals surface area contributed by atoms with Gasteiger partial charge in [-0.1, -0.05) is 30.7 Å². The van der Waals surface area contributed by atoms with E-state index in [4.69, 9.17) is 16.3 Å². The van der Waals surface area contributed by atoms with Crippen molar-refractivity contribution in [1.29, 1.82) is 0 Å². The smallest absolute Gasteiger partial charge is 0.113 e. The SMILES string of the molecule is CCC(O)(COC)c1cccc(Cl)c1. The van der Waals surface area contributed by atoms with Gasteiger partial charge in [0.05, 0.1) is 6.61 Å². The molecule has 1 unspecified atom stereocenters. The lowest BCUT2D eigenvalue weighted by Crippen LogP contribution is -2.30. The van der Waals surface area contributed by atoms with Crippen LogP contribution in [-0.2, 0) is 10.3 Å². The van der Waals surface area contributed by atoms with E-state index in [-0.39, 0.29) is 6.61 Å². The minimum absolute atomic E-state index is 0.282. The van der Waals surface area contributed by atoms with Gasteiger partial charge in [-0.2, -0.15) is 0 Å². The molecule has 0 bridgehead atoms. The first-order chi connectivity index (χ1) is 6.62. The van der Waals surface area contributed by atoms with Gasteiger partial charge in [-0.05, 0) is 24.1 Å². The number of ether oxygens (including phenoxy) is 1. The van der Waals surface area contributed by atoms with Crippen molar-refractivity contribution >= 4 is 11.6 Å². The molecule has 1 atom stereocenters. The molecule has 1 aromatic carbocycles. The van der Waals surface area contributed by atoms with Gasteiger partial charge >= 0.3 is 0 Å². The van der Waals surface area contributed by atoms with Crippen LogP contribution in [0.1, 0.15) is 18.9 Å². The van der Waals surface area contributed by atoms with Gasteiger partial charge in [-0.15, -0.1) is 0 Å². The predicted molar refractivity (Wildman–Crippen MR) is 57.5 cm³/mol. The van der Waals surface area contributed by atoms with Crippen LogP contribution < -0.4 is 0 Å². The number of benzene rings is 1. The third kappa shape index (κ3) is 2.47. The summed E-state index contributed by atoms with van der Waals surface area (Å²) >= 11 is 5.86. The van der Waals surface area contributed by atoms with Crippen molar-refractivity contribution in [2.45, 2.75) is 18.9 Å². The first kappa shape index (κ1) is 11.5. The molecule has 0 aliphatic carbocycles. The van der Waals surface area contributed by atoms with Crippen LogP contribution >= 0.6 is 11.6 Å². The first-order valence-electron chi connectivity index (χ1n) is 4.60. The van der Waals surface area contributed by atoms with Crippen LogP contribution in [0.5, 0.6) is 0 Å². The lowest BCUT2D eigenvalue weighted by molar-refractivity contribution is -0.0386. The summed E-state index contributed by atoms with van der Waals surface area (Å²) in [5.41, 5.74) is -0.131. The molecule has 0 aromatic heterocycles. The maximum atomic E-state index is 10.2. The van der Waals surface area contributed by atoms with Crippen LogP contribution in [0.2, 0.25) is 5.02 Å². The molecule has 0 aliphatic heterocycles. The Hall–Kier alpha value is -0.570. The third-order valence-corrected chi connectivity index (χ3v) is 2.57. The summed E-state index contributed by atoms with van der Waals surface area (Å²) in [6, 6.07) is 7.24. The second-order valence-electron chi connectivity index (χ2n) is 3.33. The van der Waals surface area contributed by atoms with Gasteiger partial charge in [0.1, 0.15) is 5.60 Å². The number of methoxy groups -OCH3 is 1. The first-order valence-corrected chi connectivity index (χ1v) is 4.97. The summed E-state index contributed by atoms with van der Waals surface area (Å²) in [5, 5.41) is 10.9. The minimum Gasteiger partial charge on any atom is -0.383 e. The molecule has 0 aliphatic rings. The monoisotopic (exact) mass is 214 g/mol. The molecular weight excluding hydrogens is 200 g/mol. The Morgan fingerprint density at radius 3 is 2.71 bits per heavy atom. The van der Waals surface area contributed by atoms with Crippen molar-refractivity contribution in [3.05, 3.63) is 34.9 Å². The lowest BCUT2D eigenvalue weighted by Gasteiger charge is -2.26. The highest BCUT2D eigenvalue weighted by Crippen LogP contribution is 2.27. The molecule has 78 valence electrons. The molecule has 0 saturated heterocycles. The molecule has 2 nitrogen and oxygen atoms in total. The van der Waals surface area contributed by atoms with E-state index in [0.717, 1.165) is 5.56 Å². The van der Waals surface area contributed by atoms with E-state index >= 15 is 0 Å². The number of hydrogen-bond acceptors (Lipinski definition) is 2. The number of aliphatic hydroxyl groups is 1. The molecule has 3 heteroatoms. The standard InChI is InChI=1S/C11H15ClO2/c1-3-11(13,8-14-2)9-5-4-6-10(12)7-9/h4-7,13H,3,8H2,1-2H3. The molecule has 1 aromatic rings. The summed E-state index contributed by atoms with van der Waals surface area (Å²) in [6.45, 7) is 2.20. The average Bonchev–Trinajstić information content (AvgIpc) is 2.18. The number of halogens is 1. The number of hydrogen-bond donors (Lipinski definition) is 1. The maximum absolute atomic E-state index is 10.2. The van der Waals surface area contributed by atoms with E-state index in [2.05, 4.69) is 0 Å². The zero-order valence-electron chi connectivity index (χ0n) is 8.46. The fourth-order valence-corrected chi connectivity index (χ4v) is 1.60. The Bertz CT molecular complexity index is 301. The second kappa shape index (κ2) is 4.78. The van der Waals surface area contributed by atoms with Crippen molar-refractivity contribution in [1.82, 2.24) is 0 Å². The molecule has 1 rings (SSSR count). The van der Waals surface area contributed by atoms with Crippen molar-refractivity contribution in [3.63, 3.8) is 0 Å². The van der Waals surface area contributed by atoms with Crippen LogP contribution in [0.3, 0.4) is 0 Å².